The molecule has 0 saturated heterocycles. The van der Waals surface area contributed by atoms with Gasteiger partial charge in [-0.25, -0.2) is 13.6 Å². The molecule has 2 N–H and O–H groups in total. The molecule has 0 unspecified atom stereocenters. The van der Waals surface area contributed by atoms with E-state index in [9.17, 15) is 8.42 Å². The van der Waals surface area contributed by atoms with E-state index in [2.05, 4.69) is 19.8 Å². The van der Waals surface area contributed by atoms with Crippen LogP contribution in [0, 0.1) is 0 Å². The van der Waals surface area contributed by atoms with Gasteiger partial charge in [0.2, 0.25) is 0 Å². The molecule has 0 aliphatic carbocycles. The zero-order chi connectivity index (χ0) is 11.8. The van der Waals surface area contributed by atoms with Crippen LogP contribution in [0.1, 0.15) is 6.92 Å². The molecule has 2 aromatic rings. The minimum absolute atomic E-state index is 0.251. The summed E-state index contributed by atoms with van der Waals surface area (Å²) in [5.41, 5.74) is 0. The first-order valence-corrected chi connectivity index (χ1v) is 6.59. The SMILES string of the molecule is CCn1c(-c2cnns2)nnc1S(N)(=O)=O. The maximum Gasteiger partial charge on any atom is 0.273 e. The molecule has 0 aromatic carbocycles. The van der Waals surface area contributed by atoms with E-state index < -0.39 is 10.0 Å². The summed E-state index contributed by atoms with van der Waals surface area (Å²) in [5, 5.41) is 15.8. The lowest BCUT2D eigenvalue weighted by molar-refractivity contribution is 0.571. The average Bonchev–Trinajstić information content (AvgIpc) is 2.84. The van der Waals surface area contributed by atoms with Crippen molar-refractivity contribution in [2.24, 2.45) is 5.14 Å². The molecule has 0 spiro atoms. The number of rotatable bonds is 3. The van der Waals surface area contributed by atoms with Crippen LogP contribution in [0.3, 0.4) is 0 Å². The Bertz CT molecular complexity index is 587. The van der Waals surface area contributed by atoms with Crippen LogP contribution in [-0.2, 0) is 16.6 Å². The zero-order valence-electron chi connectivity index (χ0n) is 8.23. The van der Waals surface area contributed by atoms with E-state index in [1.54, 1.807) is 6.92 Å². The molecule has 2 aromatic heterocycles. The van der Waals surface area contributed by atoms with Gasteiger partial charge >= 0.3 is 0 Å². The van der Waals surface area contributed by atoms with Gasteiger partial charge in [0.15, 0.2) is 5.82 Å². The van der Waals surface area contributed by atoms with E-state index in [0.29, 0.717) is 17.2 Å². The van der Waals surface area contributed by atoms with Gasteiger partial charge in [0.1, 0.15) is 4.88 Å². The maximum absolute atomic E-state index is 11.2. The summed E-state index contributed by atoms with van der Waals surface area (Å²) in [4.78, 5) is 0.643. The Morgan fingerprint density at radius 3 is 2.75 bits per heavy atom. The molecule has 0 fully saturated rings. The molecule has 0 aliphatic rings. The molecule has 0 radical (unpaired) electrons. The van der Waals surface area contributed by atoms with Gasteiger partial charge in [0, 0.05) is 6.54 Å². The second kappa shape index (κ2) is 3.88. The quantitative estimate of drug-likeness (QED) is 0.792. The first-order chi connectivity index (χ1) is 7.54. The van der Waals surface area contributed by atoms with E-state index in [4.69, 9.17) is 5.14 Å². The summed E-state index contributed by atoms with van der Waals surface area (Å²) in [6, 6.07) is 0. The highest BCUT2D eigenvalue weighted by molar-refractivity contribution is 7.89. The van der Waals surface area contributed by atoms with Gasteiger partial charge in [-0.1, -0.05) is 4.49 Å². The molecular weight excluding hydrogens is 252 g/mol. The normalized spacial score (nSPS) is 11.9. The predicted octanol–water partition coefficient (Wildman–Crippen LogP) is -0.536. The van der Waals surface area contributed by atoms with Crippen molar-refractivity contribution in [1.29, 1.82) is 0 Å². The Morgan fingerprint density at radius 2 is 2.25 bits per heavy atom. The summed E-state index contributed by atoms with van der Waals surface area (Å²) < 4.78 is 27.5. The highest BCUT2D eigenvalue weighted by atomic mass is 32.2. The number of hydrogen-bond acceptors (Lipinski definition) is 7. The Morgan fingerprint density at radius 1 is 1.50 bits per heavy atom. The fraction of sp³-hybridized carbons (Fsp3) is 0.333. The van der Waals surface area contributed by atoms with Crippen LogP contribution in [-0.4, -0.2) is 32.8 Å². The van der Waals surface area contributed by atoms with Gasteiger partial charge < -0.3 is 0 Å². The van der Waals surface area contributed by atoms with E-state index in [1.807, 2.05) is 0 Å². The van der Waals surface area contributed by atoms with E-state index in [1.165, 1.54) is 10.8 Å². The smallest absolute Gasteiger partial charge is 0.273 e. The molecule has 0 amide bonds. The van der Waals surface area contributed by atoms with Gasteiger partial charge in [0.05, 0.1) is 6.20 Å². The molecule has 86 valence electrons. The van der Waals surface area contributed by atoms with Crippen molar-refractivity contribution in [1.82, 2.24) is 24.4 Å². The number of sulfonamides is 1. The molecular formula is C6H8N6O2S2. The molecule has 2 heterocycles. The lowest BCUT2D eigenvalue weighted by Gasteiger charge is -2.03. The largest absolute Gasteiger partial charge is 0.296 e. The van der Waals surface area contributed by atoms with Gasteiger partial charge in [0.25, 0.3) is 15.2 Å². The first kappa shape index (κ1) is 11.1. The summed E-state index contributed by atoms with van der Waals surface area (Å²) >= 11 is 1.11. The number of primary sulfonamides is 1. The molecule has 0 saturated carbocycles. The summed E-state index contributed by atoms with van der Waals surface area (Å²) in [7, 11) is -3.86. The number of aromatic nitrogens is 5. The van der Waals surface area contributed by atoms with Crippen molar-refractivity contribution in [2.75, 3.05) is 0 Å². The van der Waals surface area contributed by atoms with Gasteiger partial charge in [-0.2, -0.15) is 0 Å². The summed E-state index contributed by atoms with van der Waals surface area (Å²) in [6.45, 7) is 2.17. The third-order valence-electron chi connectivity index (χ3n) is 1.87. The standard InChI is InChI=1S/C6H8N6O2S2/c1-2-12-5(4-3-8-11-15-4)9-10-6(12)16(7,13)14/h3H,2H2,1H3,(H2,7,13,14). The van der Waals surface area contributed by atoms with Crippen molar-refractivity contribution in [3.05, 3.63) is 6.20 Å². The zero-order valence-corrected chi connectivity index (χ0v) is 9.86. The Hall–Kier alpha value is -1.39. The van der Waals surface area contributed by atoms with Crippen molar-refractivity contribution in [3.8, 4) is 10.7 Å². The summed E-state index contributed by atoms with van der Waals surface area (Å²) in [5.74, 6) is 0.404. The van der Waals surface area contributed by atoms with E-state index >= 15 is 0 Å². The third kappa shape index (κ3) is 1.81. The van der Waals surface area contributed by atoms with Crippen LogP contribution < -0.4 is 5.14 Å². The molecule has 8 nitrogen and oxygen atoms in total. The Labute approximate surface area is 95.3 Å². The Kier molecular flexibility index (Phi) is 2.69. The fourth-order valence-electron chi connectivity index (χ4n) is 1.23. The second-order valence-corrected chi connectivity index (χ2v) is 5.12. The van der Waals surface area contributed by atoms with Gasteiger partial charge in [-0.15, -0.1) is 15.3 Å². The minimum Gasteiger partial charge on any atom is -0.296 e. The lowest BCUT2D eigenvalue weighted by Crippen LogP contribution is -2.18. The van der Waals surface area contributed by atoms with E-state index in [0.717, 1.165) is 11.5 Å². The van der Waals surface area contributed by atoms with Gasteiger partial charge in [-0.05, 0) is 18.5 Å². The molecule has 2 rings (SSSR count). The first-order valence-electron chi connectivity index (χ1n) is 4.27. The number of hydrogen-bond donors (Lipinski definition) is 1. The second-order valence-electron chi connectivity index (χ2n) is 2.88. The minimum atomic E-state index is -3.86. The van der Waals surface area contributed by atoms with Crippen molar-refractivity contribution in [3.63, 3.8) is 0 Å². The Balaban J connectivity index is 2.63. The maximum atomic E-state index is 11.2. The fourth-order valence-corrected chi connectivity index (χ4v) is 2.42. The van der Waals surface area contributed by atoms with Crippen LogP contribution in [0.5, 0.6) is 0 Å². The molecule has 10 heteroatoms. The number of nitrogens with zero attached hydrogens (tertiary/aromatic N) is 5. The lowest BCUT2D eigenvalue weighted by atomic mass is 10.5. The highest BCUT2D eigenvalue weighted by Crippen LogP contribution is 2.21. The predicted molar refractivity (Wildman–Crippen MR) is 56.0 cm³/mol. The topological polar surface area (TPSA) is 117 Å². The van der Waals surface area contributed by atoms with Crippen LogP contribution in [0.4, 0.5) is 0 Å². The summed E-state index contributed by atoms with van der Waals surface area (Å²) in [6.07, 6.45) is 1.49. The van der Waals surface area contributed by atoms with Crippen molar-refractivity contribution in [2.45, 2.75) is 18.6 Å². The molecule has 16 heavy (non-hydrogen) atoms. The molecule has 0 aliphatic heterocycles. The molecule has 0 atom stereocenters. The van der Waals surface area contributed by atoms with Crippen LogP contribution >= 0.6 is 11.5 Å². The van der Waals surface area contributed by atoms with Crippen LogP contribution in [0.2, 0.25) is 0 Å². The third-order valence-corrected chi connectivity index (χ3v) is 3.34. The van der Waals surface area contributed by atoms with Crippen molar-refractivity contribution >= 4 is 21.6 Å². The average molecular weight is 260 g/mol. The van der Waals surface area contributed by atoms with Crippen LogP contribution in [0.15, 0.2) is 11.4 Å². The molecule has 0 bridgehead atoms. The number of nitrogens with two attached hydrogens (primary N) is 1. The monoisotopic (exact) mass is 260 g/mol. The van der Waals surface area contributed by atoms with E-state index in [-0.39, 0.29) is 5.16 Å². The van der Waals surface area contributed by atoms with Crippen LogP contribution in [0.25, 0.3) is 10.7 Å². The van der Waals surface area contributed by atoms with Crippen molar-refractivity contribution < 1.29 is 8.42 Å². The van der Waals surface area contributed by atoms with Gasteiger partial charge in [-0.3, -0.25) is 4.57 Å². The highest BCUT2D eigenvalue weighted by Gasteiger charge is 2.21.